The van der Waals surface area contributed by atoms with Gasteiger partial charge in [-0.25, -0.2) is 8.78 Å². The molecule has 0 aliphatic carbocycles. The monoisotopic (exact) mass is 339 g/mol. The van der Waals surface area contributed by atoms with E-state index in [2.05, 4.69) is 4.98 Å². The first-order chi connectivity index (χ1) is 10.5. The van der Waals surface area contributed by atoms with Crippen LogP contribution in [0.5, 0.6) is 5.75 Å². The molecule has 0 bridgehead atoms. The van der Waals surface area contributed by atoms with E-state index in [4.69, 9.17) is 27.9 Å². The van der Waals surface area contributed by atoms with E-state index in [-0.39, 0.29) is 12.4 Å². The van der Waals surface area contributed by atoms with Gasteiger partial charge in [0.05, 0.1) is 10.5 Å². The van der Waals surface area contributed by atoms with Gasteiger partial charge in [-0.1, -0.05) is 23.2 Å². The lowest BCUT2D eigenvalue weighted by molar-refractivity contribution is 0.290. The number of nitrogens with zero attached hydrogens (tertiary/aromatic N) is 1. The molecule has 0 aliphatic heterocycles. The minimum atomic E-state index is -0.757. The van der Waals surface area contributed by atoms with Crippen molar-refractivity contribution in [1.29, 1.82) is 0 Å². The third-order valence-electron chi connectivity index (χ3n) is 3.12. The molecule has 0 saturated carbocycles. The van der Waals surface area contributed by atoms with Crippen LogP contribution >= 0.6 is 23.2 Å². The first-order valence-electron chi connectivity index (χ1n) is 6.35. The zero-order valence-corrected chi connectivity index (χ0v) is 12.6. The molecule has 2 nitrogen and oxygen atoms in total. The number of rotatable bonds is 3. The van der Waals surface area contributed by atoms with Crippen LogP contribution in [-0.2, 0) is 6.61 Å². The number of ether oxygens (including phenoxy) is 1. The molecule has 0 N–H and O–H groups in total. The summed E-state index contributed by atoms with van der Waals surface area (Å²) in [6, 6.07) is 8.17. The predicted molar refractivity (Wildman–Crippen MR) is 82.5 cm³/mol. The zero-order valence-electron chi connectivity index (χ0n) is 11.1. The highest BCUT2D eigenvalue weighted by atomic mass is 35.5. The summed E-state index contributed by atoms with van der Waals surface area (Å²) in [5, 5.41) is 1.61. The fraction of sp³-hybridized carbons (Fsp3) is 0.0625. The average molecular weight is 340 g/mol. The minimum absolute atomic E-state index is 0.0311. The SMILES string of the molecule is Fc1ccc(OCc2ccnc3cc(Cl)cc(Cl)c23)c(F)c1. The molecule has 112 valence electrons. The molecule has 3 rings (SSSR count). The summed E-state index contributed by atoms with van der Waals surface area (Å²) >= 11 is 12.1. The Morgan fingerprint density at radius 1 is 1.05 bits per heavy atom. The number of benzene rings is 2. The topological polar surface area (TPSA) is 22.1 Å². The molecule has 6 heteroatoms. The van der Waals surface area contributed by atoms with Crippen LogP contribution in [0, 0.1) is 11.6 Å². The normalized spacial score (nSPS) is 10.9. The first-order valence-corrected chi connectivity index (χ1v) is 7.10. The molecule has 1 aromatic heterocycles. The fourth-order valence-electron chi connectivity index (χ4n) is 2.14. The van der Waals surface area contributed by atoms with E-state index in [9.17, 15) is 8.78 Å². The van der Waals surface area contributed by atoms with Gasteiger partial charge in [-0.3, -0.25) is 4.98 Å². The number of hydrogen-bond acceptors (Lipinski definition) is 2. The summed E-state index contributed by atoms with van der Waals surface area (Å²) in [5.41, 5.74) is 1.36. The highest BCUT2D eigenvalue weighted by Crippen LogP contribution is 2.30. The lowest BCUT2D eigenvalue weighted by atomic mass is 10.1. The Labute approximate surface area is 135 Å². The van der Waals surface area contributed by atoms with E-state index in [1.54, 1.807) is 24.4 Å². The second-order valence-corrected chi connectivity index (χ2v) is 5.46. The van der Waals surface area contributed by atoms with E-state index >= 15 is 0 Å². The van der Waals surface area contributed by atoms with Gasteiger partial charge >= 0.3 is 0 Å². The Morgan fingerprint density at radius 2 is 1.86 bits per heavy atom. The minimum Gasteiger partial charge on any atom is -0.486 e. The summed E-state index contributed by atoms with van der Waals surface area (Å²) in [6.45, 7) is 0.0723. The summed E-state index contributed by atoms with van der Waals surface area (Å²) in [4.78, 5) is 4.20. The van der Waals surface area contributed by atoms with Gasteiger partial charge in [-0.15, -0.1) is 0 Å². The Kier molecular flexibility index (Phi) is 4.14. The maximum Gasteiger partial charge on any atom is 0.167 e. The summed E-state index contributed by atoms with van der Waals surface area (Å²) in [7, 11) is 0. The van der Waals surface area contributed by atoms with Crippen LogP contribution < -0.4 is 4.74 Å². The van der Waals surface area contributed by atoms with Crippen LogP contribution in [0.15, 0.2) is 42.6 Å². The van der Waals surface area contributed by atoms with Crippen molar-refractivity contribution in [2.75, 3.05) is 0 Å². The number of aromatic nitrogens is 1. The van der Waals surface area contributed by atoms with E-state index in [1.165, 1.54) is 6.07 Å². The van der Waals surface area contributed by atoms with Crippen LogP contribution in [0.2, 0.25) is 10.0 Å². The molecular weight excluding hydrogens is 331 g/mol. The van der Waals surface area contributed by atoms with Crippen LogP contribution in [0.4, 0.5) is 8.78 Å². The molecule has 0 radical (unpaired) electrons. The van der Waals surface area contributed by atoms with Crippen molar-refractivity contribution in [3.8, 4) is 5.75 Å². The Morgan fingerprint density at radius 3 is 2.64 bits per heavy atom. The average Bonchev–Trinajstić information content (AvgIpc) is 2.45. The number of fused-ring (bicyclic) bond motifs is 1. The second-order valence-electron chi connectivity index (χ2n) is 4.62. The van der Waals surface area contributed by atoms with E-state index in [0.717, 1.165) is 17.7 Å². The van der Waals surface area contributed by atoms with Gasteiger partial charge in [-0.2, -0.15) is 0 Å². The van der Waals surface area contributed by atoms with Crippen molar-refractivity contribution in [2.45, 2.75) is 6.61 Å². The van der Waals surface area contributed by atoms with Crippen LogP contribution in [0.25, 0.3) is 10.9 Å². The molecule has 0 spiro atoms. The fourth-order valence-corrected chi connectivity index (χ4v) is 2.74. The maximum atomic E-state index is 13.6. The van der Waals surface area contributed by atoms with Gasteiger partial charge in [0.15, 0.2) is 11.6 Å². The molecule has 2 aromatic carbocycles. The molecule has 0 atom stereocenters. The van der Waals surface area contributed by atoms with Crippen molar-refractivity contribution in [1.82, 2.24) is 4.98 Å². The molecule has 0 aliphatic rings. The standard InChI is InChI=1S/C16H9Cl2F2NO/c17-10-5-12(18)16-9(3-4-21-14(16)6-10)8-22-15-2-1-11(19)7-13(15)20/h1-7H,8H2. The highest BCUT2D eigenvalue weighted by molar-refractivity contribution is 6.38. The third kappa shape index (κ3) is 2.98. The van der Waals surface area contributed by atoms with E-state index < -0.39 is 11.6 Å². The molecule has 0 saturated heterocycles. The van der Waals surface area contributed by atoms with Crippen molar-refractivity contribution < 1.29 is 13.5 Å². The zero-order chi connectivity index (χ0) is 15.7. The smallest absolute Gasteiger partial charge is 0.167 e. The molecule has 1 heterocycles. The molecule has 3 aromatic rings. The molecule has 0 unspecified atom stereocenters. The predicted octanol–water partition coefficient (Wildman–Crippen LogP) is 5.40. The van der Waals surface area contributed by atoms with Gasteiger partial charge < -0.3 is 4.74 Å². The number of halogens is 4. The van der Waals surface area contributed by atoms with Crippen molar-refractivity contribution in [2.24, 2.45) is 0 Å². The van der Waals surface area contributed by atoms with Crippen molar-refractivity contribution in [3.05, 3.63) is 69.8 Å². The summed E-state index contributed by atoms with van der Waals surface area (Å²) in [6.07, 6.45) is 1.59. The van der Waals surface area contributed by atoms with E-state index in [1.807, 2.05) is 0 Å². The van der Waals surface area contributed by atoms with Crippen molar-refractivity contribution >= 4 is 34.1 Å². The van der Waals surface area contributed by atoms with Gasteiger partial charge in [0, 0.05) is 28.2 Å². The number of pyridine rings is 1. The highest BCUT2D eigenvalue weighted by Gasteiger charge is 2.10. The Hall–Kier alpha value is -1.91. The summed E-state index contributed by atoms with van der Waals surface area (Å²) in [5.74, 6) is -1.44. The molecular formula is C16H9Cl2F2NO. The third-order valence-corrected chi connectivity index (χ3v) is 3.64. The lowest BCUT2D eigenvalue weighted by Gasteiger charge is -2.11. The van der Waals surface area contributed by atoms with Gasteiger partial charge in [0.2, 0.25) is 0 Å². The van der Waals surface area contributed by atoms with Crippen molar-refractivity contribution in [3.63, 3.8) is 0 Å². The van der Waals surface area contributed by atoms with Crippen LogP contribution in [0.3, 0.4) is 0 Å². The second kappa shape index (κ2) is 6.07. The summed E-state index contributed by atoms with van der Waals surface area (Å²) < 4.78 is 31.9. The molecule has 22 heavy (non-hydrogen) atoms. The Bertz CT molecular complexity index is 855. The first kappa shape index (κ1) is 15.0. The lowest BCUT2D eigenvalue weighted by Crippen LogP contribution is -1.99. The maximum absolute atomic E-state index is 13.6. The van der Waals surface area contributed by atoms with Crippen LogP contribution in [0.1, 0.15) is 5.56 Å². The van der Waals surface area contributed by atoms with Gasteiger partial charge in [0.25, 0.3) is 0 Å². The van der Waals surface area contributed by atoms with E-state index in [0.29, 0.717) is 20.9 Å². The Balaban J connectivity index is 1.94. The number of hydrogen-bond donors (Lipinski definition) is 0. The van der Waals surface area contributed by atoms with Gasteiger partial charge in [-0.05, 0) is 30.3 Å². The largest absolute Gasteiger partial charge is 0.486 e. The van der Waals surface area contributed by atoms with Crippen LogP contribution in [-0.4, -0.2) is 4.98 Å². The quantitative estimate of drug-likeness (QED) is 0.637. The van der Waals surface area contributed by atoms with Gasteiger partial charge in [0.1, 0.15) is 12.4 Å². The molecule has 0 fully saturated rings. The molecule has 0 amide bonds.